The molecular weight excluding hydrogens is 358 g/mol. The maximum Gasteiger partial charge on any atom is 0.309 e. The first kappa shape index (κ1) is 19.7. The van der Waals surface area contributed by atoms with Gasteiger partial charge >= 0.3 is 5.97 Å². The van der Waals surface area contributed by atoms with Crippen LogP contribution in [0.5, 0.6) is 5.75 Å². The summed E-state index contributed by atoms with van der Waals surface area (Å²) in [5.74, 6) is 1.02. The molecule has 148 valence electrons. The van der Waals surface area contributed by atoms with Crippen LogP contribution < -0.4 is 15.0 Å². The van der Waals surface area contributed by atoms with Crippen molar-refractivity contribution in [3.05, 3.63) is 48.2 Å². The Morgan fingerprint density at radius 2 is 2.00 bits per heavy atom. The Hall–Kier alpha value is -3.09. The first-order chi connectivity index (χ1) is 13.6. The quantitative estimate of drug-likeness (QED) is 0.772. The SMILES string of the molecule is CCOC(=O)C1CCN(c2cc(C(=O)Nc3cccc(OC)c3)ccn2)CC1. The summed E-state index contributed by atoms with van der Waals surface area (Å²) < 4.78 is 10.3. The van der Waals surface area contributed by atoms with Crippen LogP contribution in [0.2, 0.25) is 0 Å². The van der Waals surface area contributed by atoms with Crippen molar-refractivity contribution in [2.75, 3.05) is 37.0 Å². The minimum absolute atomic E-state index is 0.0595. The summed E-state index contributed by atoms with van der Waals surface area (Å²) in [4.78, 5) is 31.0. The molecule has 7 heteroatoms. The Kier molecular flexibility index (Phi) is 6.47. The van der Waals surface area contributed by atoms with Crippen LogP contribution in [-0.2, 0) is 9.53 Å². The van der Waals surface area contributed by atoms with Crippen LogP contribution >= 0.6 is 0 Å². The minimum Gasteiger partial charge on any atom is -0.497 e. The van der Waals surface area contributed by atoms with Crippen LogP contribution in [0.3, 0.4) is 0 Å². The highest BCUT2D eigenvalue weighted by atomic mass is 16.5. The van der Waals surface area contributed by atoms with E-state index >= 15 is 0 Å². The van der Waals surface area contributed by atoms with Gasteiger partial charge in [-0.25, -0.2) is 4.98 Å². The summed E-state index contributed by atoms with van der Waals surface area (Å²) in [6.45, 7) is 3.64. The number of esters is 1. The van der Waals surface area contributed by atoms with Crippen LogP contribution in [0.4, 0.5) is 11.5 Å². The third kappa shape index (κ3) is 4.79. The number of rotatable bonds is 6. The molecule has 0 bridgehead atoms. The molecule has 1 aliphatic rings. The van der Waals surface area contributed by atoms with E-state index in [-0.39, 0.29) is 17.8 Å². The smallest absolute Gasteiger partial charge is 0.309 e. The molecule has 1 fully saturated rings. The number of benzene rings is 1. The fourth-order valence-electron chi connectivity index (χ4n) is 3.24. The number of nitrogens with one attached hydrogen (secondary N) is 1. The van der Waals surface area contributed by atoms with Crippen molar-refractivity contribution in [3.63, 3.8) is 0 Å². The summed E-state index contributed by atoms with van der Waals surface area (Å²) in [6, 6.07) is 10.7. The maximum absolute atomic E-state index is 12.6. The summed E-state index contributed by atoms with van der Waals surface area (Å²) in [6.07, 6.45) is 3.08. The van der Waals surface area contributed by atoms with E-state index in [1.165, 1.54) is 0 Å². The number of hydrogen-bond donors (Lipinski definition) is 1. The lowest BCUT2D eigenvalue weighted by Gasteiger charge is -2.31. The first-order valence-electron chi connectivity index (χ1n) is 9.43. The van der Waals surface area contributed by atoms with E-state index in [0.717, 1.165) is 18.7 Å². The average Bonchev–Trinajstić information content (AvgIpc) is 2.74. The molecule has 1 aromatic carbocycles. The Labute approximate surface area is 164 Å². The van der Waals surface area contributed by atoms with Gasteiger partial charge in [0.15, 0.2) is 0 Å². The molecule has 28 heavy (non-hydrogen) atoms. The fraction of sp³-hybridized carbons (Fsp3) is 0.381. The number of hydrogen-bond acceptors (Lipinski definition) is 6. The first-order valence-corrected chi connectivity index (χ1v) is 9.43. The molecule has 0 aliphatic carbocycles. The largest absolute Gasteiger partial charge is 0.497 e. The molecule has 2 aromatic rings. The van der Waals surface area contributed by atoms with Crippen molar-refractivity contribution in [3.8, 4) is 5.75 Å². The van der Waals surface area contributed by atoms with Gasteiger partial charge < -0.3 is 19.7 Å². The number of carbonyl (C=O) groups excluding carboxylic acids is 2. The summed E-state index contributed by atoms with van der Waals surface area (Å²) >= 11 is 0. The van der Waals surface area contributed by atoms with Crippen LogP contribution in [0.25, 0.3) is 0 Å². The molecule has 1 saturated heterocycles. The van der Waals surface area contributed by atoms with Crippen LogP contribution in [0.15, 0.2) is 42.6 Å². The summed E-state index contributed by atoms with van der Waals surface area (Å²) in [5.41, 5.74) is 1.19. The Morgan fingerprint density at radius 3 is 2.71 bits per heavy atom. The molecule has 0 radical (unpaired) electrons. The van der Waals surface area contributed by atoms with Crippen molar-refractivity contribution in [2.24, 2.45) is 5.92 Å². The van der Waals surface area contributed by atoms with Gasteiger partial charge in [-0.1, -0.05) is 6.07 Å². The predicted molar refractivity (Wildman–Crippen MR) is 107 cm³/mol. The van der Waals surface area contributed by atoms with Crippen molar-refractivity contribution in [2.45, 2.75) is 19.8 Å². The third-order valence-electron chi connectivity index (χ3n) is 4.77. The highest BCUT2D eigenvalue weighted by molar-refractivity contribution is 6.04. The van der Waals surface area contributed by atoms with Crippen molar-refractivity contribution in [1.82, 2.24) is 4.98 Å². The summed E-state index contributed by atoms with van der Waals surface area (Å²) in [7, 11) is 1.58. The van der Waals surface area contributed by atoms with E-state index in [1.807, 2.05) is 25.1 Å². The van der Waals surface area contributed by atoms with Gasteiger partial charge in [0.05, 0.1) is 19.6 Å². The molecule has 1 aliphatic heterocycles. The highest BCUT2D eigenvalue weighted by Crippen LogP contribution is 2.24. The number of ether oxygens (including phenoxy) is 2. The van der Waals surface area contributed by atoms with Crippen molar-refractivity contribution >= 4 is 23.4 Å². The zero-order valence-corrected chi connectivity index (χ0v) is 16.2. The number of amides is 1. The van der Waals surface area contributed by atoms with E-state index in [1.54, 1.807) is 31.5 Å². The molecule has 1 aromatic heterocycles. The number of nitrogens with zero attached hydrogens (tertiary/aromatic N) is 2. The zero-order valence-electron chi connectivity index (χ0n) is 16.2. The normalized spacial score (nSPS) is 14.4. The van der Waals surface area contributed by atoms with E-state index in [0.29, 0.717) is 36.7 Å². The third-order valence-corrected chi connectivity index (χ3v) is 4.77. The second-order valence-electron chi connectivity index (χ2n) is 6.60. The van der Waals surface area contributed by atoms with Gasteiger partial charge in [0.1, 0.15) is 11.6 Å². The van der Waals surface area contributed by atoms with Crippen LogP contribution in [-0.4, -0.2) is 43.7 Å². The van der Waals surface area contributed by atoms with Gasteiger partial charge in [-0.3, -0.25) is 9.59 Å². The van der Waals surface area contributed by atoms with Crippen molar-refractivity contribution in [1.29, 1.82) is 0 Å². The van der Waals surface area contributed by atoms with Gasteiger partial charge in [-0.2, -0.15) is 0 Å². The lowest BCUT2D eigenvalue weighted by Crippen LogP contribution is -2.37. The lowest BCUT2D eigenvalue weighted by molar-refractivity contribution is -0.148. The number of pyridine rings is 1. The van der Waals surface area contributed by atoms with E-state index in [9.17, 15) is 9.59 Å². The molecular formula is C21H25N3O4. The van der Waals surface area contributed by atoms with Crippen LogP contribution in [0.1, 0.15) is 30.1 Å². The van der Waals surface area contributed by atoms with E-state index in [2.05, 4.69) is 15.2 Å². The molecule has 1 N–H and O–H groups in total. The zero-order chi connectivity index (χ0) is 19.9. The number of methoxy groups -OCH3 is 1. The fourth-order valence-corrected chi connectivity index (χ4v) is 3.24. The Morgan fingerprint density at radius 1 is 1.21 bits per heavy atom. The standard InChI is InChI=1S/C21H25N3O4/c1-3-28-21(26)15-8-11-24(12-9-15)19-13-16(7-10-22-19)20(25)23-17-5-4-6-18(14-17)27-2/h4-7,10,13-15H,3,8-9,11-12H2,1-2H3,(H,23,25). The number of carbonyl (C=O) groups is 2. The van der Waals surface area contributed by atoms with Gasteiger partial charge in [-0.05, 0) is 44.0 Å². The topological polar surface area (TPSA) is 80.8 Å². The molecule has 7 nitrogen and oxygen atoms in total. The molecule has 2 heterocycles. The van der Waals surface area contributed by atoms with E-state index in [4.69, 9.17) is 9.47 Å². The minimum atomic E-state index is -0.210. The number of anilines is 2. The average molecular weight is 383 g/mol. The lowest BCUT2D eigenvalue weighted by atomic mass is 9.97. The monoisotopic (exact) mass is 383 g/mol. The van der Waals surface area contributed by atoms with Gasteiger partial charge in [-0.15, -0.1) is 0 Å². The van der Waals surface area contributed by atoms with Gasteiger partial charge in [0.25, 0.3) is 5.91 Å². The molecule has 3 rings (SSSR count). The molecule has 0 unspecified atom stereocenters. The van der Waals surface area contributed by atoms with Crippen molar-refractivity contribution < 1.29 is 19.1 Å². The second kappa shape index (κ2) is 9.21. The molecule has 1 amide bonds. The van der Waals surface area contributed by atoms with Crippen LogP contribution in [0, 0.1) is 5.92 Å². The Bertz CT molecular complexity index is 832. The van der Waals surface area contributed by atoms with Gasteiger partial charge in [0.2, 0.25) is 0 Å². The predicted octanol–water partition coefficient (Wildman–Crippen LogP) is 3.12. The number of piperidine rings is 1. The molecule has 0 atom stereocenters. The summed E-state index contributed by atoms with van der Waals surface area (Å²) in [5, 5.41) is 2.87. The molecule has 0 spiro atoms. The Balaban J connectivity index is 1.64. The highest BCUT2D eigenvalue weighted by Gasteiger charge is 2.26. The molecule has 0 saturated carbocycles. The van der Waals surface area contributed by atoms with E-state index < -0.39 is 0 Å². The number of aromatic nitrogens is 1. The van der Waals surface area contributed by atoms with Gasteiger partial charge in [0, 0.05) is 36.6 Å². The second-order valence-corrected chi connectivity index (χ2v) is 6.60. The maximum atomic E-state index is 12.6.